The molecule has 0 saturated carbocycles. The third-order valence-corrected chi connectivity index (χ3v) is 5.47. The Kier molecular flexibility index (Phi) is 5.37. The number of fused-ring (bicyclic) bond motifs is 1. The summed E-state index contributed by atoms with van der Waals surface area (Å²) < 4.78 is 11.3. The lowest BCUT2D eigenvalue weighted by molar-refractivity contribution is -0.127. The number of amides is 1. The summed E-state index contributed by atoms with van der Waals surface area (Å²) in [5.74, 6) is 1.25. The van der Waals surface area contributed by atoms with Crippen LogP contribution in [0.5, 0.6) is 0 Å². The van der Waals surface area contributed by atoms with E-state index in [-0.39, 0.29) is 17.9 Å². The van der Waals surface area contributed by atoms with E-state index in [0.717, 1.165) is 51.3 Å². The molecule has 0 radical (unpaired) electrons. The van der Waals surface area contributed by atoms with Crippen LogP contribution in [0.25, 0.3) is 0 Å². The van der Waals surface area contributed by atoms with Crippen LogP contribution in [0.15, 0.2) is 47.1 Å². The van der Waals surface area contributed by atoms with Crippen LogP contribution < -0.4 is 5.32 Å². The van der Waals surface area contributed by atoms with Gasteiger partial charge in [-0.05, 0) is 55.6 Å². The maximum Gasteiger partial charge on any atom is 0.223 e. The van der Waals surface area contributed by atoms with Gasteiger partial charge in [0.15, 0.2) is 0 Å². The van der Waals surface area contributed by atoms with Crippen LogP contribution in [-0.4, -0.2) is 37.0 Å². The van der Waals surface area contributed by atoms with Gasteiger partial charge in [0.2, 0.25) is 5.91 Å². The van der Waals surface area contributed by atoms with Gasteiger partial charge >= 0.3 is 0 Å². The van der Waals surface area contributed by atoms with E-state index < -0.39 is 0 Å². The second kappa shape index (κ2) is 8.06. The third-order valence-electron chi connectivity index (χ3n) is 5.47. The smallest absolute Gasteiger partial charge is 0.223 e. The Labute approximate surface area is 154 Å². The Bertz CT molecular complexity index is 721. The SMILES string of the molecule is O=C(NCC1OCCc2ccccc21)C1CCN(Cc2ccco2)CC1. The fourth-order valence-electron chi connectivity index (χ4n) is 3.96. The molecule has 2 aliphatic heterocycles. The number of hydrogen-bond acceptors (Lipinski definition) is 4. The number of hydrogen-bond donors (Lipinski definition) is 1. The van der Waals surface area contributed by atoms with E-state index in [2.05, 4.69) is 28.4 Å². The number of carbonyl (C=O) groups is 1. The Hall–Kier alpha value is -2.11. The van der Waals surface area contributed by atoms with Crippen molar-refractivity contribution in [3.63, 3.8) is 0 Å². The van der Waals surface area contributed by atoms with E-state index in [0.29, 0.717) is 6.54 Å². The van der Waals surface area contributed by atoms with Crippen molar-refractivity contribution in [1.29, 1.82) is 0 Å². The molecule has 1 N–H and O–H groups in total. The molecule has 2 aromatic rings. The molecule has 26 heavy (non-hydrogen) atoms. The predicted molar refractivity (Wildman–Crippen MR) is 98.6 cm³/mol. The van der Waals surface area contributed by atoms with Crippen LogP contribution in [0, 0.1) is 5.92 Å². The predicted octanol–water partition coefficient (Wildman–Crippen LogP) is 2.92. The topological polar surface area (TPSA) is 54.7 Å². The lowest BCUT2D eigenvalue weighted by atomic mass is 9.95. The van der Waals surface area contributed by atoms with Crippen molar-refractivity contribution >= 4 is 5.91 Å². The zero-order valence-corrected chi connectivity index (χ0v) is 15.0. The minimum Gasteiger partial charge on any atom is -0.468 e. The van der Waals surface area contributed by atoms with E-state index in [1.54, 1.807) is 6.26 Å². The minimum atomic E-state index is -0.0251. The molecule has 138 valence electrons. The highest BCUT2D eigenvalue weighted by Gasteiger charge is 2.27. The van der Waals surface area contributed by atoms with Crippen LogP contribution in [0.4, 0.5) is 0 Å². The lowest BCUT2D eigenvalue weighted by Gasteiger charge is -2.31. The maximum atomic E-state index is 12.6. The van der Waals surface area contributed by atoms with Crippen molar-refractivity contribution in [2.24, 2.45) is 5.92 Å². The van der Waals surface area contributed by atoms with Crippen LogP contribution in [0.2, 0.25) is 0 Å². The van der Waals surface area contributed by atoms with Gasteiger partial charge in [0.05, 0.1) is 19.4 Å². The second-order valence-electron chi connectivity index (χ2n) is 7.18. The zero-order chi connectivity index (χ0) is 17.8. The van der Waals surface area contributed by atoms with Gasteiger partial charge in [-0.25, -0.2) is 0 Å². The van der Waals surface area contributed by atoms with Crippen molar-refractivity contribution in [2.75, 3.05) is 26.2 Å². The number of nitrogens with zero attached hydrogens (tertiary/aromatic N) is 1. The van der Waals surface area contributed by atoms with E-state index in [1.807, 2.05) is 18.2 Å². The molecule has 0 aliphatic carbocycles. The molecule has 5 heteroatoms. The maximum absolute atomic E-state index is 12.6. The summed E-state index contributed by atoms with van der Waals surface area (Å²) >= 11 is 0. The number of carbonyl (C=O) groups excluding carboxylic acids is 1. The van der Waals surface area contributed by atoms with Gasteiger partial charge in [0.1, 0.15) is 11.9 Å². The molecule has 0 spiro atoms. The summed E-state index contributed by atoms with van der Waals surface area (Å²) in [5.41, 5.74) is 2.55. The lowest BCUT2D eigenvalue weighted by Crippen LogP contribution is -2.41. The molecule has 2 aliphatic rings. The monoisotopic (exact) mass is 354 g/mol. The van der Waals surface area contributed by atoms with Gasteiger partial charge < -0.3 is 14.5 Å². The molecular formula is C21H26N2O3. The number of likely N-dealkylation sites (tertiary alicyclic amines) is 1. The molecule has 1 saturated heterocycles. The van der Waals surface area contributed by atoms with Crippen LogP contribution in [0.3, 0.4) is 0 Å². The fraction of sp³-hybridized carbons (Fsp3) is 0.476. The zero-order valence-electron chi connectivity index (χ0n) is 15.0. The summed E-state index contributed by atoms with van der Waals surface area (Å²) in [4.78, 5) is 14.9. The van der Waals surface area contributed by atoms with Gasteiger partial charge in [-0.15, -0.1) is 0 Å². The molecule has 1 fully saturated rings. The first kappa shape index (κ1) is 17.3. The van der Waals surface area contributed by atoms with Gasteiger partial charge in [-0.3, -0.25) is 9.69 Å². The quantitative estimate of drug-likeness (QED) is 0.897. The number of rotatable bonds is 5. The van der Waals surface area contributed by atoms with E-state index in [4.69, 9.17) is 9.15 Å². The molecule has 1 unspecified atom stereocenters. The second-order valence-corrected chi connectivity index (χ2v) is 7.18. The van der Waals surface area contributed by atoms with E-state index in [1.165, 1.54) is 11.1 Å². The fourth-order valence-corrected chi connectivity index (χ4v) is 3.96. The van der Waals surface area contributed by atoms with Crippen molar-refractivity contribution in [3.05, 3.63) is 59.5 Å². The van der Waals surface area contributed by atoms with Crippen molar-refractivity contribution in [2.45, 2.75) is 31.9 Å². The van der Waals surface area contributed by atoms with Crippen LogP contribution in [0.1, 0.15) is 35.8 Å². The standard InChI is InChI=1S/C21H26N2O3/c24-21(17-7-10-23(11-8-17)15-18-5-3-12-25-18)22-14-20-19-6-2-1-4-16(19)9-13-26-20/h1-6,12,17,20H,7-11,13-15H2,(H,22,24). The summed E-state index contributed by atoms with van der Waals surface area (Å²) in [6.07, 6.45) is 4.43. The molecule has 0 bridgehead atoms. The van der Waals surface area contributed by atoms with Crippen molar-refractivity contribution < 1.29 is 13.9 Å². The number of ether oxygens (including phenoxy) is 1. The van der Waals surface area contributed by atoms with E-state index in [9.17, 15) is 4.79 Å². The van der Waals surface area contributed by atoms with Crippen molar-refractivity contribution in [3.8, 4) is 0 Å². The summed E-state index contributed by atoms with van der Waals surface area (Å²) in [7, 11) is 0. The summed E-state index contributed by atoms with van der Waals surface area (Å²) in [6, 6.07) is 12.3. The molecule has 3 heterocycles. The Balaban J connectivity index is 1.25. The Morgan fingerprint density at radius 3 is 2.81 bits per heavy atom. The Morgan fingerprint density at radius 1 is 1.15 bits per heavy atom. The number of nitrogens with one attached hydrogen (secondary N) is 1. The Morgan fingerprint density at radius 2 is 2.00 bits per heavy atom. The summed E-state index contributed by atoms with van der Waals surface area (Å²) in [5, 5.41) is 3.12. The number of piperidine rings is 1. The summed E-state index contributed by atoms with van der Waals surface area (Å²) in [6.45, 7) is 3.97. The molecule has 1 aromatic carbocycles. The minimum absolute atomic E-state index is 0.0251. The normalized spacial score (nSPS) is 21.3. The average Bonchev–Trinajstić information content (AvgIpc) is 3.19. The average molecular weight is 354 g/mol. The number of furan rings is 1. The van der Waals surface area contributed by atoms with Gasteiger partial charge in [-0.2, -0.15) is 0 Å². The van der Waals surface area contributed by atoms with Gasteiger partial charge in [0.25, 0.3) is 0 Å². The van der Waals surface area contributed by atoms with Crippen molar-refractivity contribution in [1.82, 2.24) is 10.2 Å². The molecule has 1 atom stereocenters. The molecule has 5 nitrogen and oxygen atoms in total. The van der Waals surface area contributed by atoms with Crippen LogP contribution in [-0.2, 0) is 22.5 Å². The molecule has 1 aromatic heterocycles. The molecule has 1 amide bonds. The van der Waals surface area contributed by atoms with Gasteiger partial charge in [0, 0.05) is 12.5 Å². The molecular weight excluding hydrogens is 328 g/mol. The van der Waals surface area contributed by atoms with Crippen LogP contribution >= 0.6 is 0 Å². The first-order valence-electron chi connectivity index (χ1n) is 9.51. The van der Waals surface area contributed by atoms with E-state index >= 15 is 0 Å². The largest absolute Gasteiger partial charge is 0.468 e. The number of benzene rings is 1. The highest BCUT2D eigenvalue weighted by atomic mass is 16.5. The molecule has 4 rings (SSSR count). The third kappa shape index (κ3) is 4.00. The highest BCUT2D eigenvalue weighted by molar-refractivity contribution is 5.78. The first-order valence-corrected chi connectivity index (χ1v) is 9.51. The van der Waals surface area contributed by atoms with Gasteiger partial charge in [-0.1, -0.05) is 24.3 Å². The first-order chi connectivity index (χ1) is 12.8. The highest BCUT2D eigenvalue weighted by Crippen LogP contribution is 2.26.